The third-order valence-corrected chi connectivity index (χ3v) is 7.18. The van der Waals surface area contributed by atoms with Crippen molar-refractivity contribution in [2.45, 2.75) is 38.5 Å². The lowest BCUT2D eigenvalue weighted by Gasteiger charge is -2.17. The lowest BCUT2D eigenvalue weighted by Crippen LogP contribution is -2.00. The lowest BCUT2D eigenvalue weighted by molar-refractivity contribution is -0.133. The van der Waals surface area contributed by atoms with Gasteiger partial charge in [-0.3, -0.25) is 4.79 Å². The molecule has 0 amide bonds. The van der Waals surface area contributed by atoms with Crippen LogP contribution in [0.15, 0.2) is 78.9 Å². The number of allylic oxidation sites excluding steroid dienone is 1. The van der Waals surface area contributed by atoms with E-state index in [9.17, 15) is 4.79 Å². The molecule has 3 aromatic rings. The number of thioether (sulfide) groups is 1. The quantitative estimate of drug-likeness (QED) is 0.296. The van der Waals surface area contributed by atoms with Gasteiger partial charge in [-0.25, -0.2) is 0 Å². The van der Waals surface area contributed by atoms with Crippen molar-refractivity contribution in [3.63, 3.8) is 0 Å². The average molecular weight is 473 g/mol. The minimum absolute atomic E-state index is 0.190. The topological polar surface area (TPSA) is 46.5 Å². The number of aryl methyl sites for hydroxylation is 1. The van der Waals surface area contributed by atoms with Crippen LogP contribution in [-0.2, 0) is 11.2 Å². The third-order valence-electron chi connectivity index (χ3n) is 6.15. The van der Waals surface area contributed by atoms with Gasteiger partial charge in [0.05, 0.1) is 12.4 Å². The molecule has 0 fully saturated rings. The summed E-state index contributed by atoms with van der Waals surface area (Å²) in [4.78, 5) is 10.5. The molecule has 0 saturated carbocycles. The van der Waals surface area contributed by atoms with Gasteiger partial charge >= 0.3 is 5.97 Å². The molecule has 0 aliphatic heterocycles. The summed E-state index contributed by atoms with van der Waals surface area (Å²) in [5.41, 5.74) is 8.05. The first-order chi connectivity index (χ1) is 16.7. The second-order valence-electron chi connectivity index (χ2n) is 8.61. The summed E-state index contributed by atoms with van der Waals surface area (Å²) >= 11 is 1.48. The first-order valence-corrected chi connectivity index (χ1v) is 13.3. The Morgan fingerprint density at radius 1 is 0.824 bits per heavy atom. The normalized spacial score (nSPS) is 13.3. The second-order valence-corrected chi connectivity index (χ2v) is 9.72. The fourth-order valence-electron chi connectivity index (χ4n) is 4.53. The van der Waals surface area contributed by atoms with Crippen LogP contribution in [0.4, 0.5) is 0 Å². The van der Waals surface area contributed by atoms with E-state index in [1.54, 1.807) is 0 Å². The Labute approximate surface area is 206 Å². The van der Waals surface area contributed by atoms with Gasteiger partial charge < -0.3 is 9.84 Å². The van der Waals surface area contributed by atoms with Gasteiger partial charge in [0.25, 0.3) is 0 Å². The Morgan fingerprint density at radius 2 is 1.59 bits per heavy atom. The van der Waals surface area contributed by atoms with Crippen LogP contribution < -0.4 is 4.74 Å². The van der Waals surface area contributed by atoms with Crippen molar-refractivity contribution in [1.29, 1.82) is 0 Å². The standard InChI is InChI=1S/C30H32O3S/c31-29(32)22-34-21-8-2-7-20-33-26-18-16-25(17-19-26)30-27-14-6-5-12-24(27)13-9-15-28(30)23-10-3-1-4-11-23/h1,3-6,10-12,14,16-19H,2,7-9,13,15,20-22H2,(H,31,32). The van der Waals surface area contributed by atoms with E-state index < -0.39 is 5.97 Å². The zero-order valence-electron chi connectivity index (χ0n) is 19.5. The van der Waals surface area contributed by atoms with Crippen LogP contribution in [-0.4, -0.2) is 29.2 Å². The van der Waals surface area contributed by atoms with Crippen LogP contribution >= 0.6 is 11.8 Å². The van der Waals surface area contributed by atoms with Crippen LogP contribution in [0.5, 0.6) is 5.75 Å². The number of unbranched alkanes of at least 4 members (excludes halogenated alkanes) is 2. The summed E-state index contributed by atoms with van der Waals surface area (Å²) in [6.07, 6.45) is 6.38. The predicted octanol–water partition coefficient (Wildman–Crippen LogP) is 7.35. The van der Waals surface area contributed by atoms with Gasteiger partial charge in [-0.2, -0.15) is 11.8 Å². The molecule has 0 spiro atoms. The predicted molar refractivity (Wildman–Crippen MR) is 142 cm³/mol. The van der Waals surface area contributed by atoms with E-state index in [-0.39, 0.29) is 5.75 Å². The maximum Gasteiger partial charge on any atom is 0.313 e. The van der Waals surface area contributed by atoms with Crippen molar-refractivity contribution in [3.8, 4) is 5.75 Å². The Bertz CT molecular complexity index is 1100. The highest BCUT2D eigenvalue weighted by molar-refractivity contribution is 7.99. The van der Waals surface area contributed by atoms with Crippen LogP contribution in [0, 0.1) is 0 Å². The van der Waals surface area contributed by atoms with Gasteiger partial charge in [0.1, 0.15) is 5.75 Å². The molecule has 1 N–H and O–H groups in total. The van der Waals surface area contributed by atoms with E-state index in [2.05, 4.69) is 78.9 Å². The van der Waals surface area contributed by atoms with Gasteiger partial charge in [-0.1, -0.05) is 66.7 Å². The minimum Gasteiger partial charge on any atom is -0.494 e. The van der Waals surface area contributed by atoms with E-state index in [0.717, 1.165) is 50.0 Å². The van der Waals surface area contributed by atoms with E-state index >= 15 is 0 Å². The van der Waals surface area contributed by atoms with Gasteiger partial charge in [0.15, 0.2) is 0 Å². The molecular formula is C30H32O3S. The van der Waals surface area contributed by atoms with E-state index in [4.69, 9.17) is 9.84 Å². The molecule has 0 unspecified atom stereocenters. The summed E-state index contributed by atoms with van der Waals surface area (Å²) in [6, 6.07) is 28.1. The molecule has 1 aliphatic rings. The van der Waals surface area contributed by atoms with Gasteiger partial charge in [0.2, 0.25) is 0 Å². The molecule has 0 bridgehead atoms. The summed E-state index contributed by atoms with van der Waals surface area (Å²) in [5, 5.41) is 8.67. The first-order valence-electron chi connectivity index (χ1n) is 12.1. The zero-order valence-corrected chi connectivity index (χ0v) is 20.4. The fraction of sp³-hybridized carbons (Fsp3) is 0.300. The number of fused-ring (bicyclic) bond motifs is 1. The lowest BCUT2D eigenvalue weighted by atomic mass is 9.88. The van der Waals surface area contributed by atoms with Crippen LogP contribution in [0.1, 0.15) is 54.4 Å². The number of ether oxygens (including phenoxy) is 1. The van der Waals surface area contributed by atoms with Crippen molar-refractivity contribution >= 4 is 28.9 Å². The molecule has 0 atom stereocenters. The van der Waals surface area contributed by atoms with Crippen molar-refractivity contribution in [2.75, 3.05) is 18.1 Å². The summed E-state index contributed by atoms with van der Waals surface area (Å²) < 4.78 is 5.98. The van der Waals surface area contributed by atoms with Crippen LogP contribution in [0.2, 0.25) is 0 Å². The fourth-order valence-corrected chi connectivity index (χ4v) is 5.26. The molecule has 4 heteroatoms. The molecule has 34 heavy (non-hydrogen) atoms. The van der Waals surface area contributed by atoms with Gasteiger partial charge in [-0.15, -0.1) is 0 Å². The Balaban J connectivity index is 1.45. The molecule has 0 saturated heterocycles. The van der Waals surface area contributed by atoms with Crippen molar-refractivity contribution in [1.82, 2.24) is 0 Å². The van der Waals surface area contributed by atoms with Gasteiger partial charge in [0, 0.05) is 0 Å². The summed E-state index contributed by atoms with van der Waals surface area (Å²) in [6.45, 7) is 0.684. The molecule has 4 rings (SSSR count). The summed E-state index contributed by atoms with van der Waals surface area (Å²) in [5.74, 6) is 1.24. The number of benzene rings is 3. The Hall–Kier alpha value is -2.98. The number of aliphatic carboxylic acids is 1. The Morgan fingerprint density at radius 3 is 2.38 bits per heavy atom. The third kappa shape index (κ3) is 6.54. The molecule has 3 nitrogen and oxygen atoms in total. The van der Waals surface area contributed by atoms with Gasteiger partial charge in [-0.05, 0) is 89.8 Å². The molecular weight excluding hydrogens is 440 g/mol. The molecule has 176 valence electrons. The number of hydrogen-bond acceptors (Lipinski definition) is 3. The molecule has 0 aromatic heterocycles. The second kappa shape index (κ2) is 12.5. The van der Waals surface area contributed by atoms with Crippen LogP contribution in [0.25, 0.3) is 11.1 Å². The zero-order chi connectivity index (χ0) is 23.6. The largest absolute Gasteiger partial charge is 0.494 e. The average Bonchev–Trinajstić information content (AvgIpc) is 3.06. The van der Waals surface area contributed by atoms with Crippen molar-refractivity contribution in [3.05, 3.63) is 101 Å². The first kappa shape index (κ1) is 24.2. The van der Waals surface area contributed by atoms with E-state index in [1.165, 1.54) is 45.2 Å². The highest BCUT2D eigenvalue weighted by Gasteiger charge is 2.19. The minimum atomic E-state index is -0.740. The van der Waals surface area contributed by atoms with Crippen molar-refractivity contribution in [2.24, 2.45) is 0 Å². The number of carbonyl (C=O) groups is 1. The molecule has 3 aromatic carbocycles. The molecule has 0 radical (unpaired) electrons. The summed E-state index contributed by atoms with van der Waals surface area (Å²) in [7, 11) is 0. The van der Waals surface area contributed by atoms with Crippen LogP contribution in [0.3, 0.4) is 0 Å². The van der Waals surface area contributed by atoms with Crippen molar-refractivity contribution < 1.29 is 14.6 Å². The highest BCUT2D eigenvalue weighted by Crippen LogP contribution is 2.40. The molecule has 1 aliphatic carbocycles. The molecule has 0 heterocycles. The van der Waals surface area contributed by atoms with E-state index in [1.807, 2.05) is 0 Å². The SMILES string of the molecule is O=C(O)CSCCCCCOc1ccc(C2=C(c3ccccc3)CCCc3ccccc32)cc1. The van der Waals surface area contributed by atoms with E-state index in [0.29, 0.717) is 6.61 Å². The number of carboxylic acids is 1. The number of rotatable bonds is 11. The number of carboxylic acid groups (broad SMARTS) is 1. The highest BCUT2D eigenvalue weighted by atomic mass is 32.2. The maximum atomic E-state index is 10.5. The monoisotopic (exact) mass is 472 g/mol. The number of hydrogen-bond donors (Lipinski definition) is 1. The smallest absolute Gasteiger partial charge is 0.313 e. The maximum absolute atomic E-state index is 10.5. The Kier molecular flexibility index (Phi) is 8.86.